The van der Waals surface area contributed by atoms with E-state index in [0.29, 0.717) is 38.0 Å². The van der Waals surface area contributed by atoms with Gasteiger partial charge in [-0.1, -0.05) is 72.8 Å². The zero-order chi connectivity index (χ0) is 35.3. The summed E-state index contributed by atoms with van der Waals surface area (Å²) in [6, 6.07) is 31.6. The largest absolute Gasteiger partial charge is 0.392 e. The monoisotopic (exact) mass is 697 g/mol. The topological polar surface area (TPSA) is 146 Å². The second kappa shape index (κ2) is 18.5. The molecular formula is C39H43N3O7S. The van der Waals surface area contributed by atoms with Crippen LogP contribution in [-0.4, -0.2) is 39.9 Å². The van der Waals surface area contributed by atoms with Crippen molar-refractivity contribution < 1.29 is 34.2 Å². The summed E-state index contributed by atoms with van der Waals surface area (Å²) in [5.41, 5.74) is 8.09. The molecule has 0 saturated carbocycles. The Morgan fingerprint density at radius 3 is 2.18 bits per heavy atom. The molecule has 0 aliphatic carbocycles. The van der Waals surface area contributed by atoms with E-state index in [9.17, 15) is 19.5 Å². The number of benzene rings is 4. The first kappa shape index (κ1) is 36.8. The van der Waals surface area contributed by atoms with Crippen molar-refractivity contribution in [3.63, 3.8) is 0 Å². The predicted octanol–water partition coefficient (Wildman–Crippen LogP) is 6.82. The first-order chi connectivity index (χ1) is 24.3. The molecule has 1 heterocycles. The number of carbonyl (C=O) groups is 3. The molecule has 4 aromatic carbocycles. The Balaban J connectivity index is 1.25. The molecule has 1 fully saturated rings. The fourth-order valence-electron chi connectivity index (χ4n) is 5.73. The Bertz CT molecular complexity index is 1720. The molecule has 1 saturated heterocycles. The van der Waals surface area contributed by atoms with Crippen LogP contribution in [0.4, 0.5) is 5.69 Å². The minimum Gasteiger partial charge on any atom is -0.392 e. The molecule has 5 rings (SSSR count). The van der Waals surface area contributed by atoms with Crippen molar-refractivity contribution in [2.75, 3.05) is 11.1 Å². The van der Waals surface area contributed by atoms with Crippen molar-refractivity contribution in [3.8, 4) is 11.1 Å². The SMILES string of the molecule is CC(=O)Nc1ccc(SC[C@@H]2C[C@H](c3ccc(CO)cc3)O[C@H](c3ccc(-c4ccccc4CNC(=O)CCCCC(=O)NO)cc3)O2)cc1. The van der Waals surface area contributed by atoms with Crippen LogP contribution in [-0.2, 0) is 37.0 Å². The summed E-state index contributed by atoms with van der Waals surface area (Å²) in [5.74, 6) is 0.0479. The van der Waals surface area contributed by atoms with Crippen LogP contribution in [0.5, 0.6) is 0 Å². The van der Waals surface area contributed by atoms with Gasteiger partial charge in [-0.3, -0.25) is 19.6 Å². The lowest BCUT2D eigenvalue weighted by Crippen LogP contribution is -2.31. The summed E-state index contributed by atoms with van der Waals surface area (Å²) in [4.78, 5) is 36.1. The quantitative estimate of drug-likeness (QED) is 0.0394. The Labute approximate surface area is 296 Å². The maximum absolute atomic E-state index is 12.4. The summed E-state index contributed by atoms with van der Waals surface area (Å²) < 4.78 is 13.1. The van der Waals surface area contributed by atoms with Crippen LogP contribution in [0, 0.1) is 0 Å². The highest BCUT2D eigenvalue weighted by molar-refractivity contribution is 7.99. The zero-order valence-corrected chi connectivity index (χ0v) is 28.8. The molecule has 0 spiro atoms. The maximum Gasteiger partial charge on any atom is 0.243 e. The van der Waals surface area contributed by atoms with E-state index in [1.165, 1.54) is 6.92 Å². The van der Waals surface area contributed by atoms with Gasteiger partial charge in [0.25, 0.3) is 0 Å². The molecule has 10 nitrogen and oxygen atoms in total. The number of unbranched alkanes of at least 4 members (excludes halogenated alkanes) is 1. The first-order valence-electron chi connectivity index (χ1n) is 16.7. The molecule has 262 valence electrons. The van der Waals surface area contributed by atoms with Gasteiger partial charge < -0.3 is 25.2 Å². The van der Waals surface area contributed by atoms with Gasteiger partial charge >= 0.3 is 0 Å². The van der Waals surface area contributed by atoms with Gasteiger partial charge in [0.2, 0.25) is 17.7 Å². The molecule has 0 unspecified atom stereocenters. The number of hydrogen-bond donors (Lipinski definition) is 5. The summed E-state index contributed by atoms with van der Waals surface area (Å²) in [6.45, 7) is 1.84. The second-order valence-electron chi connectivity index (χ2n) is 12.2. The van der Waals surface area contributed by atoms with Crippen molar-refractivity contribution in [2.45, 2.75) is 75.6 Å². The number of aliphatic hydroxyl groups excluding tert-OH is 1. The van der Waals surface area contributed by atoms with Crippen molar-refractivity contribution in [2.24, 2.45) is 0 Å². The van der Waals surface area contributed by atoms with Crippen LogP contribution in [0.3, 0.4) is 0 Å². The molecule has 50 heavy (non-hydrogen) atoms. The first-order valence-corrected chi connectivity index (χ1v) is 17.7. The van der Waals surface area contributed by atoms with E-state index in [1.54, 1.807) is 17.2 Å². The number of amides is 3. The van der Waals surface area contributed by atoms with Gasteiger partial charge in [0, 0.05) is 54.6 Å². The van der Waals surface area contributed by atoms with E-state index in [4.69, 9.17) is 14.7 Å². The Morgan fingerprint density at radius 2 is 1.50 bits per heavy atom. The maximum atomic E-state index is 12.4. The van der Waals surface area contributed by atoms with E-state index >= 15 is 0 Å². The molecule has 0 radical (unpaired) electrons. The molecule has 3 amide bonds. The number of ether oxygens (including phenoxy) is 2. The van der Waals surface area contributed by atoms with Crippen LogP contribution in [0.25, 0.3) is 11.1 Å². The molecular weight excluding hydrogens is 655 g/mol. The third-order valence-corrected chi connectivity index (χ3v) is 9.54. The van der Waals surface area contributed by atoms with Crippen LogP contribution in [0.2, 0.25) is 0 Å². The average Bonchev–Trinajstić information content (AvgIpc) is 3.15. The van der Waals surface area contributed by atoms with Crippen molar-refractivity contribution in [1.29, 1.82) is 0 Å². The number of aliphatic hydroxyl groups is 1. The summed E-state index contributed by atoms with van der Waals surface area (Å²) >= 11 is 1.69. The normalized spacial score (nSPS) is 17.1. The number of anilines is 1. The minimum atomic E-state index is -0.592. The molecule has 11 heteroatoms. The summed E-state index contributed by atoms with van der Waals surface area (Å²) in [6.07, 6.45) is 1.31. The number of nitrogens with one attached hydrogen (secondary N) is 3. The Morgan fingerprint density at radius 1 is 0.820 bits per heavy atom. The standard InChI is InChI=1S/C39H43N3O7S/c1-26(44)41-32-18-20-34(21-19-32)50-25-33-22-36(29-12-10-27(24-43)11-13-29)49-39(48-33)30-16-14-28(15-17-30)35-7-3-2-6-31(35)23-40-37(45)8-4-5-9-38(46)42-47/h2-3,6-7,10-21,33,36,39,43,47H,4-5,8-9,22-25H2,1H3,(H,40,45)(H,41,44)(H,42,46)/t33-,36+,39+/m0/s1. The highest BCUT2D eigenvalue weighted by Crippen LogP contribution is 2.40. The van der Waals surface area contributed by atoms with E-state index in [0.717, 1.165) is 44.0 Å². The van der Waals surface area contributed by atoms with E-state index in [2.05, 4.69) is 10.6 Å². The van der Waals surface area contributed by atoms with E-state index in [-0.39, 0.29) is 37.0 Å². The molecule has 1 aliphatic heterocycles. The molecule has 0 bridgehead atoms. The molecule has 5 N–H and O–H groups in total. The third kappa shape index (κ3) is 10.7. The average molecular weight is 698 g/mol. The van der Waals surface area contributed by atoms with Crippen LogP contribution in [0.15, 0.2) is 102 Å². The van der Waals surface area contributed by atoms with Crippen LogP contribution in [0.1, 0.15) is 73.7 Å². The van der Waals surface area contributed by atoms with Gasteiger partial charge in [-0.05, 0) is 64.9 Å². The third-order valence-electron chi connectivity index (χ3n) is 8.40. The van der Waals surface area contributed by atoms with Crippen LogP contribution < -0.4 is 16.1 Å². The zero-order valence-electron chi connectivity index (χ0n) is 28.0. The van der Waals surface area contributed by atoms with E-state index in [1.807, 2.05) is 97.1 Å². The number of rotatable bonds is 15. The van der Waals surface area contributed by atoms with Gasteiger partial charge in [0.05, 0.1) is 18.8 Å². The predicted molar refractivity (Wildman–Crippen MR) is 192 cm³/mol. The lowest BCUT2D eigenvalue weighted by molar-refractivity contribution is -0.245. The summed E-state index contributed by atoms with van der Waals surface area (Å²) in [5, 5.41) is 23.9. The fourth-order valence-corrected chi connectivity index (χ4v) is 6.66. The van der Waals surface area contributed by atoms with Gasteiger partial charge in [-0.15, -0.1) is 11.8 Å². The Hall–Kier alpha value is -4.52. The molecule has 0 aromatic heterocycles. The van der Waals surface area contributed by atoms with Gasteiger partial charge in [-0.2, -0.15) is 0 Å². The summed E-state index contributed by atoms with van der Waals surface area (Å²) in [7, 11) is 0. The molecule has 3 atom stereocenters. The van der Waals surface area contributed by atoms with Crippen molar-refractivity contribution in [1.82, 2.24) is 10.8 Å². The highest BCUT2D eigenvalue weighted by Gasteiger charge is 2.32. The van der Waals surface area contributed by atoms with Crippen molar-refractivity contribution >= 4 is 35.2 Å². The minimum absolute atomic E-state index is 0.0211. The smallest absolute Gasteiger partial charge is 0.243 e. The highest BCUT2D eigenvalue weighted by atomic mass is 32.2. The van der Waals surface area contributed by atoms with E-state index < -0.39 is 12.2 Å². The molecule has 1 aliphatic rings. The number of hydroxylamine groups is 1. The van der Waals surface area contributed by atoms with Gasteiger partial charge in [0.1, 0.15) is 0 Å². The van der Waals surface area contributed by atoms with Gasteiger partial charge in [-0.25, -0.2) is 5.48 Å². The lowest BCUT2D eigenvalue weighted by Gasteiger charge is -2.36. The second-order valence-corrected chi connectivity index (χ2v) is 13.3. The number of carbonyl (C=O) groups excluding carboxylic acids is 3. The van der Waals surface area contributed by atoms with Crippen LogP contribution >= 0.6 is 11.8 Å². The Kier molecular flexibility index (Phi) is 13.6. The molecule has 4 aromatic rings. The number of thioether (sulfide) groups is 1. The van der Waals surface area contributed by atoms with Crippen molar-refractivity contribution in [3.05, 3.63) is 119 Å². The fraction of sp³-hybridized carbons (Fsp3) is 0.308. The lowest BCUT2D eigenvalue weighted by atomic mass is 9.97. The number of hydrogen-bond acceptors (Lipinski definition) is 8. The van der Waals surface area contributed by atoms with Gasteiger partial charge in [0.15, 0.2) is 6.29 Å².